The zero-order chi connectivity index (χ0) is 9.47. The van der Waals surface area contributed by atoms with Crippen molar-refractivity contribution in [3.05, 3.63) is 33.7 Å². The Morgan fingerprint density at radius 1 is 1.38 bits per heavy atom. The maximum Gasteiger partial charge on any atom is 0.248 e. The molecular weight excluding hydrogens is 162 g/mol. The summed E-state index contributed by atoms with van der Waals surface area (Å²) >= 11 is 0. The highest BCUT2D eigenvalue weighted by Crippen LogP contribution is 2.32. The summed E-state index contributed by atoms with van der Waals surface area (Å²) in [5.41, 5.74) is 2.88. The smallest absolute Gasteiger partial charge is 0.248 e. The molecule has 0 aliphatic heterocycles. The van der Waals surface area contributed by atoms with Gasteiger partial charge >= 0.3 is 0 Å². The second-order valence-electron chi connectivity index (χ2n) is 4.67. The third-order valence-electron chi connectivity index (χ3n) is 2.82. The molecule has 0 saturated carbocycles. The molecule has 2 rings (SSSR count). The molecule has 0 spiro atoms. The minimum absolute atomic E-state index is 0.0263. The number of fused-ring (bicyclic) bond motifs is 1. The fourth-order valence-corrected chi connectivity index (χ4v) is 2.00. The molecule has 70 valence electrons. The second-order valence-corrected chi connectivity index (χ2v) is 4.67. The normalized spacial score (nSPS) is 19.5. The summed E-state index contributed by atoms with van der Waals surface area (Å²) in [5, 5.41) is 0. The van der Waals surface area contributed by atoms with Crippen molar-refractivity contribution < 1.29 is 0 Å². The van der Waals surface area contributed by atoms with Gasteiger partial charge in [-0.05, 0) is 30.2 Å². The first-order chi connectivity index (χ1) is 6.07. The number of rotatable bonds is 0. The van der Waals surface area contributed by atoms with E-state index in [0.717, 1.165) is 18.5 Å². The lowest BCUT2D eigenvalue weighted by atomic mass is 9.76. The third kappa shape index (κ3) is 1.67. The minimum Gasteiger partial charge on any atom is -0.326 e. The lowest BCUT2D eigenvalue weighted by molar-refractivity contribution is 0.312. The van der Waals surface area contributed by atoms with Crippen LogP contribution in [0.15, 0.2) is 16.9 Å². The van der Waals surface area contributed by atoms with Gasteiger partial charge in [0.25, 0.3) is 0 Å². The van der Waals surface area contributed by atoms with Crippen molar-refractivity contribution in [2.45, 2.75) is 33.1 Å². The van der Waals surface area contributed by atoms with Crippen molar-refractivity contribution in [1.82, 2.24) is 4.98 Å². The average molecular weight is 177 g/mol. The number of hydrogen-bond acceptors (Lipinski definition) is 1. The van der Waals surface area contributed by atoms with Crippen molar-refractivity contribution in [3.8, 4) is 0 Å². The van der Waals surface area contributed by atoms with Gasteiger partial charge < -0.3 is 4.98 Å². The van der Waals surface area contributed by atoms with E-state index in [2.05, 4.69) is 18.8 Å². The standard InChI is InChI=1S/C11H15NO/c1-11(2)6-5-9-8(7-11)3-4-10(13)12-9/h3-4H,5-7H2,1-2H3,(H,12,13). The number of aromatic nitrogens is 1. The molecule has 2 heteroatoms. The van der Waals surface area contributed by atoms with Gasteiger partial charge in [0, 0.05) is 11.8 Å². The first-order valence-electron chi connectivity index (χ1n) is 4.78. The van der Waals surface area contributed by atoms with E-state index in [0.29, 0.717) is 5.41 Å². The van der Waals surface area contributed by atoms with Crippen LogP contribution in [0.1, 0.15) is 31.5 Å². The third-order valence-corrected chi connectivity index (χ3v) is 2.82. The molecular formula is C11H15NO. The predicted molar refractivity (Wildman–Crippen MR) is 52.9 cm³/mol. The molecule has 1 aromatic rings. The average Bonchev–Trinajstić information content (AvgIpc) is 2.05. The molecule has 0 atom stereocenters. The summed E-state index contributed by atoms with van der Waals surface area (Å²) in [6.07, 6.45) is 3.26. The molecule has 1 aromatic heterocycles. The number of aromatic amines is 1. The van der Waals surface area contributed by atoms with Crippen molar-refractivity contribution in [3.63, 3.8) is 0 Å². The predicted octanol–water partition coefficient (Wildman–Crippen LogP) is 1.89. The van der Waals surface area contributed by atoms with E-state index >= 15 is 0 Å². The first kappa shape index (κ1) is 8.54. The number of aryl methyl sites for hydroxylation is 1. The van der Waals surface area contributed by atoms with Crippen molar-refractivity contribution >= 4 is 0 Å². The molecule has 2 nitrogen and oxygen atoms in total. The Hall–Kier alpha value is -1.05. The van der Waals surface area contributed by atoms with Gasteiger partial charge in [0.1, 0.15) is 0 Å². The molecule has 1 aliphatic carbocycles. The monoisotopic (exact) mass is 177 g/mol. The summed E-state index contributed by atoms with van der Waals surface area (Å²) in [5.74, 6) is 0. The van der Waals surface area contributed by atoms with Crippen LogP contribution >= 0.6 is 0 Å². The Labute approximate surface area is 78.0 Å². The van der Waals surface area contributed by atoms with Crippen LogP contribution in [-0.4, -0.2) is 4.98 Å². The van der Waals surface area contributed by atoms with Crippen molar-refractivity contribution in [1.29, 1.82) is 0 Å². The van der Waals surface area contributed by atoms with Crippen LogP contribution < -0.4 is 5.56 Å². The highest BCUT2D eigenvalue weighted by atomic mass is 16.1. The van der Waals surface area contributed by atoms with Crippen LogP contribution in [-0.2, 0) is 12.8 Å². The topological polar surface area (TPSA) is 32.9 Å². The molecule has 0 aromatic carbocycles. The lowest BCUT2D eigenvalue weighted by Crippen LogP contribution is -2.25. The Bertz CT molecular complexity index is 376. The van der Waals surface area contributed by atoms with Crippen LogP contribution in [0.3, 0.4) is 0 Å². The van der Waals surface area contributed by atoms with E-state index in [9.17, 15) is 4.79 Å². The maximum atomic E-state index is 11.0. The Balaban J connectivity index is 2.42. The van der Waals surface area contributed by atoms with Gasteiger partial charge in [-0.25, -0.2) is 0 Å². The molecule has 0 bridgehead atoms. The minimum atomic E-state index is 0.0263. The maximum absolute atomic E-state index is 11.0. The van der Waals surface area contributed by atoms with Gasteiger partial charge in [-0.1, -0.05) is 19.9 Å². The van der Waals surface area contributed by atoms with Gasteiger partial charge in [-0.3, -0.25) is 4.79 Å². The van der Waals surface area contributed by atoms with E-state index in [1.165, 1.54) is 12.0 Å². The second kappa shape index (κ2) is 2.72. The molecule has 1 N–H and O–H groups in total. The van der Waals surface area contributed by atoms with Gasteiger partial charge in [-0.15, -0.1) is 0 Å². The molecule has 0 saturated heterocycles. The SMILES string of the molecule is CC1(C)CCc2[nH]c(=O)ccc2C1. The molecule has 0 amide bonds. The van der Waals surface area contributed by atoms with Gasteiger partial charge in [0.15, 0.2) is 0 Å². The Kier molecular flexibility index (Phi) is 1.79. The number of pyridine rings is 1. The van der Waals surface area contributed by atoms with E-state index in [1.54, 1.807) is 6.07 Å². The van der Waals surface area contributed by atoms with E-state index in [-0.39, 0.29) is 5.56 Å². The number of hydrogen-bond donors (Lipinski definition) is 1. The van der Waals surface area contributed by atoms with E-state index < -0.39 is 0 Å². The number of nitrogens with one attached hydrogen (secondary N) is 1. The first-order valence-corrected chi connectivity index (χ1v) is 4.78. The van der Waals surface area contributed by atoms with Crippen molar-refractivity contribution in [2.75, 3.05) is 0 Å². The summed E-state index contributed by atoms with van der Waals surface area (Å²) in [7, 11) is 0. The Morgan fingerprint density at radius 3 is 2.92 bits per heavy atom. The Morgan fingerprint density at radius 2 is 2.15 bits per heavy atom. The summed E-state index contributed by atoms with van der Waals surface area (Å²) in [4.78, 5) is 14.0. The summed E-state index contributed by atoms with van der Waals surface area (Å²) < 4.78 is 0. The fourth-order valence-electron chi connectivity index (χ4n) is 2.00. The largest absolute Gasteiger partial charge is 0.326 e. The van der Waals surface area contributed by atoms with E-state index in [4.69, 9.17) is 0 Å². The van der Waals surface area contributed by atoms with Crippen LogP contribution in [0.25, 0.3) is 0 Å². The number of H-pyrrole nitrogens is 1. The molecule has 0 fully saturated rings. The van der Waals surface area contributed by atoms with Gasteiger partial charge in [0.2, 0.25) is 5.56 Å². The van der Waals surface area contributed by atoms with Crippen LogP contribution in [0.5, 0.6) is 0 Å². The van der Waals surface area contributed by atoms with Gasteiger partial charge in [0.05, 0.1) is 0 Å². The molecule has 0 radical (unpaired) electrons. The van der Waals surface area contributed by atoms with Crippen LogP contribution in [0.2, 0.25) is 0 Å². The van der Waals surface area contributed by atoms with Crippen LogP contribution in [0, 0.1) is 5.41 Å². The van der Waals surface area contributed by atoms with E-state index in [1.807, 2.05) is 6.07 Å². The fraction of sp³-hybridized carbons (Fsp3) is 0.545. The highest BCUT2D eigenvalue weighted by Gasteiger charge is 2.25. The molecule has 13 heavy (non-hydrogen) atoms. The summed E-state index contributed by atoms with van der Waals surface area (Å²) in [6, 6.07) is 3.59. The lowest BCUT2D eigenvalue weighted by Gasteiger charge is -2.30. The molecule has 1 aliphatic rings. The zero-order valence-corrected chi connectivity index (χ0v) is 8.18. The van der Waals surface area contributed by atoms with Crippen LogP contribution in [0.4, 0.5) is 0 Å². The molecule has 1 heterocycles. The zero-order valence-electron chi connectivity index (χ0n) is 8.18. The molecule has 0 unspecified atom stereocenters. The quantitative estimate of drug-likeness (QED) is 0.645. The van der Waals surface area contributed by atoms with Gasteiger partial charge in [-0.2, -0.15) is 0 Å². The highest BCUT2D eigenvalue weighted by molar-refractivity contribution is 5.24. The summed E-state index contributed by atoms with van der Waals surface area (Å²) in [6.45, 7) is 4.56. The van der Waals surface area contributed by atoms with Crippen molar-refractivity contribution in [2.24, 2.45) is 5.41 Å².